The average Bonchev–Trinajstić information content (AvgIpc) is 3.11. The number of likely N-dealkylation sites (tertiary alicyclic amines) is 1. The Labute approximate surface area is 136 Å². The first kappa shape index (κ1) is 16.5. The van der Waals surface area contributed by atoms with Crippen molar-refractivity contribution < 1.29 is 0 Å². The summed E-state index contributed by atoms with van der Waals surface area (Å²) in [5.41, 5.74) is 8.62. The number of rotatable bonds is 4. The van der Waals surface area contributed by atoms with Gasteiger partial charge in [0.05, 0.1) is 4.88 Å². The molecule has 3 rings (SSSR count). The number of thiophene rings is 1. The lowest BCUT2D eigenvalue weighted by Gasteiger charge is -2.22. The van der Waals surface area contributed by atoms with Gasteiger partial charge in [-0.25, -0.2) is 0 Å². The molecule has 3 heterocycles. The molecule has 1 atom stereocenters. The minimum atomic E-state index is 0. The van der Waals surface area contributed by atoms with E-state index in [1.807, 2.05) is 11.7 Å². The Kier molecular flexibility index (Phi) is 5.09. The van der Waals surface area contributed by atoms with E-state index in [0.29, 0.717) is 0 Å². The zero-order valence-electron chi connectivity index (χ0n) is 12.6. The molecule has 0 radical (unpaired) electrons. The highest BCUT2D eigenvalue weighted by Crippen LogP contribution is 2.32. The maximum atomic E-state index is 5.89. The molecule has 2 aromatic rings. The van der Waals surface area contributed by atoms with Gasteiger partial charge in [0.25, 0.3) is 0 Å². The fraction of sp³-hybridized carbons (Fsp3) is 0.533. The van der Waals surface area contributed by atoms with Crippen LogP contribution in [0.2, 0.25) is 0 Å². The molecular weight excluding hydrogens is 304 g/mol. The summed E-state index contributed by atoms with van der Waals surface area (Å²) in [5, 5.41) is 6.73. The summed E-state index contributed by atoms with van der Waals surface area (Å²) < 4.78 is 1.92. The number of halogens is 1. The summed E-state index contributed by atoms with van der Waals surface area (Å²) in [7, 11) is 1.99. The molecule has 1 aliphatic heterocycles. The second-order valence-electron chi connectivity index (χ2n) is 6.13. The standard InChI is InChI=1S/C15H22N4S.ClH/c1-15(10-16)5-6-19(11-15)9-12-8-18(2)17-14(12)13-4-3-7-20-13;/h3-4,7-8H,5-6,9-11,16H2,1-2H3;1H. The van der Waals surface area contributed by atoms with Crippen molar-refractivity contribution in [1.29, 1.82) is 0 Å². The predicted molar refractivity (Wildman–Crippen MR) is 90.8 cm³/mol. The van der Waals surface area contributed by atoms with Crippen LogP contribution in [0.3, 0.4) is 0 Å². The van der Waals surface area contributed by atoms with Crippen LogP contribution in [0, 0.1) is 5.41 Å². The predicted octanol–water partition coefficient (Wildman–Crippen LogP) is 2.74. The SMILES string of the molecule is Cl.Cn1cc(CN2CCC(C)(CN)C2)c(-c2cccs2)n1. The zero-order chi connectivity index (χ0) is 14.2. The van der Waals surface area contributed by atoms with Gasteiger partial charge in [-0.3, -0.25) is 9.58 Å². The molecule has 0 aromatic carbocycles. The van der Waals surface area contributed by atoms with Crippen LogP contribution < -0.4 is 5.73 Å². The molecule has 0 amide bonds. The molecule has 2 N–H and O–H groups in total. The number of aromatic nitrogens is 2. The van der Waals surface area contributed by atoms with Gasteiger partial charge in [0, 0.05) is 31.9 Å². The molecule has 1 fully saturated rings. The lowest BCUT2D eigenvalue weighted by atomic mass is 9.90. The molecule has 116 valence electrons. The molecule has 0 aliphatic carbocycles. The van der Waals surface area contributed by atoms with E-state index in [1.54, 1.807) is 11.3 Å². The molecule has 21 heavy (non-hydrogen) atoms. The van der Waals surface area contributed by atoms with Crippen LogP contribution in [0.5, 0.6) is 0 Å². The van der Waals surface area contributed by atoms with E-state index in [4.69, 9.17) is 5.73 Å². The van der Waals surface area contributed by atoms with Crippen molar-refractivity contribution in [3.05, 3.63) is 29.3 Å². The average molecular weight is 327 g/mol. The van der Waals surface area contributed by atoms with Crippen LogP contribution in [0.1, 0.15) is 18.9 Å². The number of hydrogen-bond donors (Lipinski definition) is 1. The van der Waals surface area contributed by atoms with Crippen LogP contribution >= 0.6 is 23.7 Å². The molecule has 4 nitrogen and oxygen atoms in total. The van der Waals surface area contributed by atoms with Crippen LogP contribution in [0.25, 0.3) is 10.6 Å². The van der Waals surface area contributed by atoms with Crippen LogP contribution in [-0.2, 0) is 13.6 Å². The van der Waals surface area contributed by atoms with E-state index in [0.717, 1.165) is 31.9 Å². The van der Waals surface area contributed by atoms with Gasteiger partial charge in [-0.2, -0.15) is 5.10 Å². The van der Waals surface area contributed by atoms with E-state index in [2.05, 4.69) is 40.6 Å². The van der Waals surface area contributed by atoms with E-state index >= 15 is 0 Å². The fourth-order valence-electron chi connectivity index (χ4n) is 2.94. The van der Waals surface area contributed by atoms with Crippen LogP contribution in [-0.4, -0.2) is 34.3 Å². The number of hydrogen-bond acceptors (Lipinski definition) is 4. The molecule has 1 aliphatic rings. The van der Waals surface area contributed by atoms with Gasteiger partial charge in [0.15, 0.2) is 0 Å². The van der Waals surface area contributed by atoms with Crippen molar-refractivity contribution in [3.63, 3.8) is 0 Å². The molecule has 0 saturated carbocycles. The highest BCUT2D eigenvalue weighted by Gasteiger charge is 2.32. The molecule has 2 aromatic heterocycles. The molecular formula is C15H23ClN4S. The Morgan fingerprint density at radius 3 is 2.90 bits per heavy atom. The second kappa shape index (κ2) is 6.48. The largest absolute Gasteiger partial charge is 0.330 e. The Morgan fingerprint density at radius 2 is 2.29 bits per heavy atom. The third-order valence-corrected chi connectivity index (χ3v) is 5.06. The van der Waals surface area contributed by atoms with E-state index < -0.39 is 0 Å². The van der Waals surface area contributed by atoms with Crippen molar-refractivity contribution in [2.45, 2.75) is 19.9 Å². The minimum Gasteiger partial charge on any atom is -0.330 e. The smallest absolute Gasteiger partial charge is 0.107 e. The first-order chi connectivity index (χ1) is 9.59. The number of aryl methyl sites for hydroxylation is 1. The van der Waals surface area contributed by atoms with E-state index in [9.17, 15) is 0 Å². The first-order valence-corrected chi connectivity index (χ1v) is 7.96. The van der Waals surface area contributed by atoms with E-state index in [-0.39, 0.29) is 17.8 Å². The quantitative estimate of drug-likeness (QED) is 0.939. The molecule has 0 bridgehead atoms. The highest BCUT2D eigenvalue weighted by atomic mass is 35.5. The van der Waals surface area contributed by atoms with Crippen molar-refractivity contribution in [2.75, 3.05) is 19.6 Å². The van der Waals surface area contributed by atoms with Gasteiger partial charge in [-0.15, -0.1) is 23.7 Å². The lowest BCUT2D eigenvalue weighted by molar-refractivity contribution is 0.274. The van der Waals surface area contributed by atoms with Crippen molar-refractivity contribution in [3.8, 4) is 10.6 Å². The van der Waals surface area contributed by atoms with Crippen molar-refractivity contribution in [2.24, 2.45) is 18.2 Å². The maximum absolute atomic E-state index is 5.89. The summed E-state index contributed by atoms with van der Waals surface area (Å²) in [6.07, 6.45) is 3.34. The molecule has 6 heteroatoms. The third-order valence-electron chi connectivity index (χ3n) is 4.18. The summed E-state index contributed by atoms with van der Waals surface area (Å²) in [6, 6.07) is 4.23. The first-order valence-electron chi connectivity index (χ1n) is 7.08. The number of nitrogens with two attached hydrogens (primary N) is 1. The van der Waals surface area contributed by atoms with Crippen LogP contribution in [0.15, 0.2) is 23.7 Å². The fourth-order valence-corrected chi connectivity index (χ4v) is 3.69. The molecule has 1 unspecified atom stereocenters. The lowest BCUT2D eigenvalue weighted by Crippen LogP contribution is -2.31. The molecule has 1 saturated heterocycles. The Hall–Kier alpha value is -0.880. The van der Waals surface area contributed by atoms with Crippen molar-refractivity contribution >= 4 is 23.7 Å². The Balaban J connectivity index is 0.00000161. The normalized spacial score (nSPS) is 22.4. The van der Waals surface area contributed by atoms with Gasteiger partial charge >= 0.3 is 0 Å². The van der Waals surface area contributed by atoms with Gasteiger partial charge in [-0.1, -0.05) is 13.0 Å². The van der Waals surface area contributed by atoms with Crippen LogP contribution in [0.4, 0.5) is 0 Å². The maximum Gasteiger partial charge on any atom is 0.107 e. The molecule has 0 spiro atoms. The second-order valence-corrected chi connectivity index (χ2v) is 7.08. The Morgan fingerprint density at radius 1 is 1.48 bits per heavy atom. The van der Waals surface area contributed by atoms with Crippen molar-refractivity contribution in [1.82, 2.24) is 14.7 Å². The zero-order valence-corrected chi connectivity index (χ0v) is 14.2. The summed E-state index contributed by atoms with van der Waals surface area (Å²) in [6.45, 7) is 6.25. The summed E-state index contributed by atoms with van der Waals surface area (Å²) >= 11 is 1.75. The van der Waals surface area contributed by atoms with Gasteiger partial charge in [0.1, 0.15) is 5.69 Å². The van der Waals surface area contributed by atoms with Gasteiger partial charge in [-0.05, 0) is 36.4 Å². The van der Waals surface area contributed by atoms with E-state index in [1.165, 1.54) is 16.9 Å². The topological polar surface area (TPSA) is 47.1 Å². The third kappa shape index (κ3) is 3.48. The highest BCUT2D eigenvalue weighted by molar-refractivity contribution is 7.13. The number of nitrogens with zero attached hydrogens (tertiary/aromatic N) is 3. The Bertz CT molecular complexity index is 581. The summed E-state index contributed by atoms with van der Waals surface area (Å²) in [5.74, 6) is 0. The minimum absolute atomic E-state index is 0. The van der Waals surface area contributed by atoms with Gasteiger partial charge < -0.3 is 5.73 Å². The monoisotopic (exact) mass is 326 g/mol. The summed E-state index contributed by atoms with van der Waals surface area (Å²) in [4.78, 5) is 3.75. The van der Waals surface area contributed by atoms with Gasteiger partial charge in [0.2, 0.25) is 0 Å².